The summed E-state index contributed by atoms with van der Waals surface area (Å²) in [6.07, 6.45) is 1.31. The molecule has 0 spiro atoms. The Kier molecular flexibility index (Phi) is 5.26. The number of hydrogen-bond acceptors (Lipinski definition) is 4. The summed E-state index contributed by atoms with van der Waals surface area (Å²) in [6.45, 7) is 3.71. The number of benzene rings is 1. The van der Waals surface area contributed by atoms with Crippen LogP contribution in [0.1, 0.15) is 23.0 Å². The lowest BCUT2D eigenvalue weighted by molar-refractivity contribution is -0.0523. The van der Waals surface area contributed by atoms with E-state index in [1.165, 1.54) is 24.7 Å². The highest BCUT2D eigenvalue weighted by Gasteiger charge is 2.39. The van der Waals surface area contributed by atoms with Crippen molar-refractivity contribution < 1.29 is 26.7 Å². The SMILES string of the molecule is Cc1c(S(=O)(=O)NC2(C)COC2)cn(C)c1C(=O)Nc1cc(F)c(F)c(Cl)c1. The number of halogens is 3. The van der Waals surface area contributed by atoms with Crippen LogP contribution in [-0.2, 0) is 21.8 Å². The van der Waals surface area contributed by atoms with Crippen LogP contribution >= 0.6 is 11.6 Å². The van der Waals surface area contributed by atoms with Crippen molar-refractivity contribution in [3.05, 3.63) is 46.2 Å². The molecule has 1 amide bonds. The van der Waals surface area contributed by atoms with Gasteiger partial charge in [-0.05, 0) is 25.5 Å². The van der Waals surface area contributed by atoms with E-state index in [0.717, 1.165) is 12.1 Å². The molecular formula is C17H18ClF2N3O4S. The summed E-state index contributed by atoms with van der Waals surface area (Å²) in [4.78, 5) is 12.6. The van der Waals surface area contributed by atoms with Crippen LogP contribution in [0.15, 0.2) is 23.2 Å². The van der Waals surface area contributed by atoms with Crippen molar-refractivity contribution in [2.24, 2.45) is 7.05 Å². The van der Waals surface area contributed by atoms with Crippen molar-refractivity contribution in [1.82, 2.24) is 9.29 Å². The smallest absolute Gasteiger partial charge is 0.272 e. The van der Waals surface area contributed by atoms with Gasteiger partial charge in [0.15, 0.2) is 11.6 Å². The molecule has 1 aliphatic heterocycles. The first-order valence-corrected chi connectivity index (χ1v) is 10.0. The molecule has 7 nitrogen and oxygen atoms in total. The molecule has 0 atom stereocenters. The number of carbonyl (C=O) groups is 1. The van der Waals surface area contributed by atoms with Crippen LogP contribution in [-0.4, -0.2) is 37.6 Å². The molecule has 2 aromatic rings. The van der Waals surface area contributed by atoms with Crippen molar-refractivity contribution in [2.45, 2.75) is 24.3 Å². The van der Waals surface area contributed by atoms with E-state index in [1.807, 2.05) is 0 Å². The molecule has 11 heteroatoms. The molecule has 1 aliphatic rings. The third-order valence-corrected chi connectivity index (χ3v) is 6.38. The maximum atomic E-state index is 13.5. The fourth-order valence-electron chi connectivity index (χ4n) is 2.98. The molecule has 0 saturated carbocycles. The average molecular weight is 434 g/mol. The number of hydrogen-bond donors (Lipinski definition) is 2. The van der Waals surface area contributed by atoms with Crippen molar-refractivity contribution in [2.75, 3.05) is 18.5 Å². The summed E-state index contributed by atoms with van der Waals surface area (Å²) >= 11 is 5.59. The molecule has 1 aromatic heterocycles. The molecule has 28 heavy (non-hydrogen) atoms. The topological polar surface area (TPSA) is 89.4 Å². The van der Waals surface area contributed by atoms with Crippen molar-refractivity contribution in [1.29, 1.82) is 0 Å². The predicted molar refractivity (Wildman–Crippen MR) is 99.0 cm³/mol. The quantitative estimate of drug-likeness (QED) is 0.709. The average Bonchev–Trinajstić information content (AvgIpc) is 2.86. The summed E-state index contributed by atoms with van der Waals surface area (Å²) in [5, 5.41) is 1.91. The summed E-state index contributed by atoms with van der Waals surface area (Å²) < 4.78 is 61.2. The number of nitrogens with zero attached hydrogens (tertiary/aromatic N) is 1. The zero-order valence-electron chi connectivity index (χ0n) is 15.3. The third kappa shape index (κ3) is 3.77. The highest BCUT2D eigenvalue weighted by atomic mass is 35.5. The van der Waals surface area contributed by atoms with E-state index < -0.39 is 38.1 Å². The summed E-state index contributed by atoms with van der Waals surface area (Å²) in [6, 6.07) is 1.85. The second-order valence-corrected chi connectivity index (χ2v) is 9.00. The highest BCUT2D eigenvalue weighted by Crippen LogP contribution is 2.27. The normalized spacial score (nSPS) is 15.9. The number of anilines is 1. The first-order valence-electron chi connectivity index (χ1n) is 8.17. The number of ether oxygens (including phenoxy) is 1. The standard InChI is InChI=1S/C17H18ClF2N3O4S/c1-9-13(28(25,26)22-17(2)7-27-8-17)6-23(3)15(9)16(24)21-10-4-11(18)14(20)12(19)5-10/h4-6,22H,7-8H2,1-3H3,(H,21,24). The minimum Gasteiger partial charge on any atom is -0.377 e. The molecule has 0 radical (unpaired) electrons. The lowest BCUT2D eigenvalue weighted by Gasteiger charge is -2.38. The number of sulfonamides is 1. The Morgan fingerprint density at radius 1 is 1.32 bits per heavy atom. The lowest BCUT2D eigenvalue weighted by Crippen LogP contribution is -2.59. The van der Waals surface area contributed by atoms with E-state index in [-0.39, 0.29) is 35.1 Å². The summed E-state index contributed by atoms with van der Waals surface area (Å²) in [5.41, 5.74) is -0.497. The van der Waals surface area contributed by atoms with Gasteiger partial charge in [-0.15, -0.1) is 0 Å². The van der Waals surface area contributed by atoms with E-state index in [2.05, 4.69) is 10.0 Å². The van der Waals surface area contributed by atoms with Gasteiger partial charge in [-0.2, -0.15) is 0 Å². The Labute approximate surface area is 165 Å². The molecule has 0 aliphatic carbocycles. The van der Waals surface area contributed by atoms with Gasteiger partial charge in [0.05, 0.1) is 23.8 Å². The second-order valence-electron chi connectivity index (χ2n) is 6.94. The Morgan fingerprint density at radius 3 is 2.50 bits per heavy atom. The van der Waals surface area contributed by atoms with Crippen molar-refractivity contribution >= 4 is 33.2 Å². The fourth-order valence-corrected chi connectivity index (χ4v) is 4.87. The van der Waals surface area contributed by atoms with Crippen LogP contribution in [0.5, 0.6) is 0 Å². The van der Waals surface area contributed by atoms with Gasteiger partial charge < -0.3 is 14.6 Å². The zero-order chi connectivity index (χ0) is 20.9. The maximum Gasteiger partial charge on any atom is 0.272 e. The Morgan fingerprint density at radius 2 is 1.96 bits per heavy atom. The van der Waals surface area contributed by atoms with Crippen molar-refractivity contribution in [3.8, 4) is 0 Å². The predicted octanol–water partition coefficient (Wildman–Crippen LogP) is 2.58. The maximum absolute atomic E-state index is 13.5. The van der Waals surface area contributed by atoms with Crippen LogP contribution in [0.25, 0.3) is 0 Å². The van der Waals surface area contributed by atoms with E-state index in [9.17, 15) is 22.0 Å². The molecule has 0 bridgehead atoms. The molecule has 152 valence electrons. The third-order valence-electron chi connectivity index (χ3n) is 4.36. The van der Waals surface area contributed by atoms with Crippen LogP contribution in [0, 0.1) is 18.6 Å². The minimum atomic E-state index is -3.90. The zero-order valence-corrected chi connectivity index (χ0v) is 16.8. The monoisotopic (exact) mass is 433 g/mol. The van der Waals surface area contributed by atoms with E-state index in [1.54, 1.807) is 6.92 Å². The Bertz CT molecular complexity index is 1040. The largest absolute Gasteiger partial charge is 0.377 e. The minimum absolute atomic E-state index is 0.0521. The number of aryl methyl sites for hydroxylation is 1. The van der Waals surface area contributed by atoms with E-state index >= 15 is 0 Å². The molecule has 1 aromatic carbocycles. The van der Waals surface area contributed by atoms with Crippen LogP contribution in [0.3, 0.4) is 0 Å². The number of carbonyl (C=O) groups excluding carboxylic acids is 1. The molecule has 3 rings (SSSR count). The number of aromatic nitrogens is 1. The van der Waals surface area contributed by atoms with Gasteiger partial charge in [-0.1, -0.05) is 11.6 Å². The van der Waals surface area contributed by atoms with Crippen LogP contribution in [0.2, 0.25) is 5.02 Å². The fraction of sp³-hybridized carbons (Fsp3) is 0.353. The lowest BCUT2D eigenvalue weighted by atomic mass is 10.0. The number of nitrogens with one attached hydrogen (secondary N) is 2. The van der Waals surface area contributed by atoms with Gasteiger partial charge in [0, 0.05) is 25.0 Å². The molecule has 0 unspecified atom stereocenters. The van der Waals surface area contributed by atoms with Gasteiger partial charge in [-0.25, -0.2) is 21.9 Å². The second kappa shape index (κ2) is 7.11. The Balaban J connectivity index is 1.90. The first kappa shape index (κ1) is 20.7. The van der Waals surface area contributed by atoms with E-state index in [4.69, 9.17) is 16.3 Å². The van der Waals surface area contributed by atoms with Gasteiger partial charge >= 0.3 is 0 Å². The summed E-state index contributed by atoms with van der Waals surface area (Å²) in [5.74, 6) is -3.13. The molecule has 2 N–H and O–H groups in total. The molecule has 1 saturated heterocycles. The highest BCUT2D eigenvalue weighted by molar-refractivity contribution is 7.89. The van der Waals surface area contributed by atoms with Gasteiger partial charge in [0.25, 0.3) is 5.91 Å². The van der Waals surface area contributed by atoms with E-state index in [0.29, 0.717) is 0 Å². The van der Waals surface area contributed by atoms with Gasteiger partial charge in [0.2, 0.25) is 10.0 Å². The number of rotatable bonds is 5. The van der Waals surface area contributed by atoms with Gasteiger partial charge in [0.1, 0.15) is 10.6 Å². The van der Waals surface area contributed by atoms with Crippen LogP contribution in [0.4, 0.5) is 14.5 Å². The first-order chi connectivity index (χ1) is 12.9. The number of amides is 1. The Hall–Kier alpha value is -2.01. The molecular weight excluding hydrogens is 416 g/mol. The molecule has 1 fully saturated rings. The molecule has 2 heterocycles. The van der Waals surface area contributed by atoms with Crippen LogP contribution < -0.4 is 10.0 Å². The summed E-state index contributed by atoms with van der Waals surface area (Å²) in [7, 11) is -2.39. The van der Waals surface area contributed by atoms with Gasteiger partial charge in [-0.3, -0.25) is 4.79 Å². The van der Waals surface area contributed by atoms with Crippen molar-refractivity contribution in [3.63, 3.8) is 0 Å².